The van der Waals surface area contributed by atoms with Crippen molar-refractivity contribution in [1.82, 2.24) is 10.6 Å². The summed E-state index contributed by atoms with van der Waals surface area (Å²) in [5, 5.41) is 5.62. The third-order valence-electron chi connectivity index (χ3n) is 3.73. The minimum atomic E-state index is -3.47. The number of amides is 1. The van der Waals surface area contributed by atoms with Crippen LogP contribution in [0.3, 0.4) is 0 Å². The van der Waals surface area contributed by atoms with Crippen LogP contribution in [0.4, 0.5) is 0 Å². The van der Waals surface area contributed by atoms with Gasteiger partial charge in [-0.2, -0.15) is 0 Å². The number of rotatable bonds is 4. The number of nitrogens with one attached hydrogen (secondary N) is 2. The predicted molar refractivity (Wildman–Crippen MR) is 82.1 cm³/mol. The van der Waals surface area contributed by atoms with Gasteiger partial charge in [0.25, 0.3) is 5.91 Å². The van der Waals surface area contributed by atoms with Gasteiger partial charge in [-0.15, -0.1) is 0 Å². The van der Waals surface area contributed by atoms with E-state index < -0.39 is 15.1 Å². The van der Waals surface area contributed by atoms with Crippen LogP contribution in [0.25, 0.3) is 0 Å². The fraction of sp³-hybridized carbons (Fsp3) is 0.533. The number of hydrogen-bond acceptors (Lipinski definition) is 4. The van der Waals surface area contributed by atoms with Crippen molar-refractivity contribution >= 4 is 15.7 Å². The van der Waals surface area contributed by atoms with Gasteiger partial charge in [0.15, 0.2) is 9.84 Å². The Kier molecular flexibility index (Phi) is 5.00. The molecule has 0 bridgehead atoms. The second-order valence-electron chi connectivity index (χ2n) is 5.59. The fourth-order valence-electron chi connectivity index (χ4n) is 2.39. The third-order valence-corrected chi connectivity index (χ3v) is 5.94. The van der Waals surface area contributed by atoms with E-state index in [1.807, 2.05) is 0 Å². The number of hydrogen-bond donors (Lipinski definition) is 2. The van der Waals surface area contributed by atoms with Crippen molar-refractivity contribution in [2.45, 2.75) is 42.9 Å². The molecule has 116 valence electrons. The standard InChI is InChI=1S/C15H22N2O3S/c1-11(2)21(19,20)14-6-4-3-5-13(14)15(18)17-12-7-9-16-10-8-12/h3-6,11-12,16H,7-10H2,1-2H3,(H,17,18). The van der Waals surface area contributed by atoms with Gasteiger partial charge in [0.2, 0.25) is 0 Å². The summed E-state index contributed by atoms with van der Waals surface area (Å²) in [7, 11) is -3.47. The number of benzene rings is 1. The van der Waals surface area contributed by atoms with Gasteiger partial charge < -0.3 is 10.6 Å². The lowest BCUT2D eigenvalue weighted by Crippen LogP contribution is -2.43. The number of carbonyl (C=O) groups excluding carboxylic acids is 1. The average molecular weight is 310 g/mol. The van der Waals surface area contributed by atoms with Crippen LogP contribution < -0.4 is 10.6 Å². The normalized spacial score (nSPS) is 16.9. The van der Waals surface area contributed by atoms with Gasteiger partial charge in [0.1, 0.15) is 0 Å². The first kappa shape index (κ1) is 16.0. The molecule has 2 N–H and O–H groups in total. The van der Waals surface area contributed by atoms with E-state index in [1.54, 1.807) is 32.0 Å². The van der Waals surface area contributed by atoms with Crippen molar-refractivity contribution in [1.29, 1.82) is 0 Å². The molecule has 1 fully saturated rings. The van der Waals surface area contributed by atoms with Gasteiger partial charge in [-0.05, 0) is 51.9 Å². The van der Waals surface area contributed by atoms with Crippen LogP contribution >= 0.6 is 0 Å². The number of carbonyl (C=O) groups is 1. The van der Waals surface area contributed by atoms with Crippen LogP contribution in [0.5, 0.6) is 0 Å². The highest BCUT2D eigenvalue weighted by atomic mass is 32.2. The van der Waals surface area contributed by atoms with Crippen LogP contribution in [0, 0.1) is 0 Å². The van der Waals surface area contributed by atoms with Crippen LogP contribution in [0.2, 0.25) is 0 Å². The minimum absolute atomic E-state index is 0.105. The van der Waals surface area contributed by atoms with Crippen molar-refractivity contribution in [2.75, 3.05) is 13.1 Å². The summed E-state index contributed by atoms with van der Waals surface area (Å²) in [6.07, 6.45) is 1.73. The van der Waals surface area contributed by atoms with Gasteiger partial charge in [-0.1, -0.05) is 12.1 Å². The quantitative estimate of drug-likeness (QED) is 0.880. The topological polar surface area (TPSA) is 75.3 Å². The van der Waals surface area contributed by atoms with E-state index in [1.165, 1.54) is 6.07 Å². The van der Waals surface area contributed by atoms with Gasteiger partial charge >= 0.3 is 0 Å². The van der Waals surface area contributed by atoms with E-state index in [2.05, 4.69) is 10.6 Å². The summed E-state index contributed by atoms with van der Waals surface area (Å²) in [6, 6.07) is 6.53. The SMILES string of the molecule is CC(C)S(=O)(=O)c1ccccc1C(=O)NC1CCNCC1. The summed E-state index contributed by atoms with van der Waals surface area (Å²) in [4.78, 5) is 12.5. The van der Waals surface area contributed by atoms with Crippen molar-refractivity contribution in [3.63, 3.8) is 0 Å². The first-order valence-electron chi connectivity index (χ1n) is 7.27. The highest BCUT2D eigenvalue weighted by molar-refractivity contribution is 7.92. The third kappa shape index (κ3) is 3.63. The second-order valence-corrected chi connectivity index (χ2v) is 8.06. The van der Waals surface area contributed by atoms with E-state index >= 15 is 0 Å². The first-order valence-corrected chi connectivity index (χ1v) is 8.82. The molecule has 0 aromatic heterocycles. The molecule has 1 aliphatic rings. The van der Waals surface area contributed by atoms with E-state index in [4.69, 9.17) is 0 Å². The highest BCUT2D eigenvalue weighted by Crippen LogP contribution is 2.21. The molecule has 1 saturated heterocycles. The van der Waals surface area contributed by atoms with Crippen LogP contribution in [-0.2, 0) is 9.84 Å². The smallest absolute Gasteiger partial charge is 0.252 e. The number of sulfone groups is 1. The van der Waals surface area contributed by atoms with Crippen LogP contribution in [-0.4, -0.2) is 38.7 Å². The van der Waals surface area contributed by atoms with Crippen molar-refractivity contribution < 1.29 is 13.2 Å². The lowest BCUT2D eigenvalue weighted by Gasteiger charge is -2.24. The molecule has 21 heavy (non-hydrogen) atoms. The monoisotopic (exact) mass is 310 g/mol. The van der Waals surface area contributed by atoms with Gasteiger partial charge in [-0.3, -0.25) is 4.79 Å². The molecule has 0 atom stereocenters. The molecule has 1 aliphatic heterocycles. The Labute approximate surface area is 126 Å². The summed E-state index contributed by atoms with van der Waals surface area (Å²) < 4.78 is 24.7. The fourth-order valence-corrected chi connectivity index (χ4v) is 3.63. The Morgan fingerprint density at radius 2 is 1.86 bits per heavy atom. The van der Waals surface area contributed by atoms with Gasteiger partial charge in [0.05, 0.1) is 15.7 Å². The second kappa shape index (κ2) is 6.58. The summed E-state index contributed by atoms with van der Waals surface area (Å²) in [5.74, 6) is -0.304. The van der Waals surface area contributed by atoms with Crippen molar-refractivity contribution in [3.05, 3.63) is 29.8 Å². The Balaban J connectivity index is 2.25. The Morgan fingerprint density at radius 1 is 1.24 bits per heavy atom. The molecule has 0 aliphatic carbocycles. The molecule has 2 rings (SSSR count). The van der Waals surface area contributed by atoms with Gasteiger partial charge in [0, 0.05) is 6.04 Å². The zero-order valence-corrected chi connectivity index (χ0v) is 13.2. The zero-order chi connectivity index (χ0) is 15.5. The average Bonchev–Trinajstić information content (AvgIpc) is 2.48. The van der Waals surface area contributed by atoms with Crippen molar-refractivity contribution in [3.8, 4) is 0 Å². The lowest BCUT2D eigenvalue weighted by molar-refractivity contribution is 0.0926. The predicted octanol–water partition coefficient (Wildman–Crippen LogP) is 1.35. The molecule has 0 unspecified atom stereocenters. The molecule has 0 radical (unpaired) electrons. The van der Waals surface area contributed by atoms with E-state index in [9.17, 15) is 13.2 Å². The highest BCUT2D eigenvalue weighted by Gasteiger charge is 2.26. The molecule has 1 aromatic rings. The largest absolute Gasteiger partial charge is 0.349 e. The first-order chi connectivity index (χ1) is 9.93. The van der Waals surface area contributed by atoms with E-state index in [0.29, 0.717) is 0 Å². The molecule has 5 nitrogen and oxygen atoms in total. The van der Waals surface area contributed by atoms with Crippen LogP contribution in [0.1, 0.15) is 37.0 Å². The summed E-state index contributed by atoms with van der Waals surface area (Å²) >= 11 is 0. The Morgan fingerprint density at radius 3 is 2.48 bits per heavy atom. The minimum Gasteiger partial charge on any atom is -0.349 e. The molecule has 0 spiro atoms. The molecular weight excluding hydrogens is 288 g/mol. The Hall–Kier alpha value is -1.40. The van der Waals surface area contributed by atoms with Crippen LogP contribution in [0.15, 0.2) is 29.2 Å². The molecule has 1 heterocycles. The lowest BCUT2D eigenvalue weighted by atomic mass is 10.1. The summed E-state index contributed by atoms with van der Waals surface area (Å²) in [5.41, 5.74) is 0.240. The maximum Gasteiger partial charge on any atom is 0.252 e. The number of piperidine rings is 1. The van der Waals surface area contributed by atoms with E-state index in [-0.39, 0.29) is 22.4 Å². The molecule has 0 saturated carbocycles. The Bertz CT molecular complexity index is 605. The maximum absolute atomic E-state index is 12.4. The maximum atomic E-state index is 12.4. The van der Waals surface area contributed by atoms with Gasteiger partial charge in [-0.25, -0.2) is 8.42 Å². The zero-order valence-electron chi connectivity index (χ0n) is 12.4. The van der Waals surface area contributed by atoms with Crippen molar-refractivity contribution in [2.24, 2.45) is 0 Å². The molecule has 6 heteroatoms. The van der Waals surface area contributed by atoms with E-state index in [0.717, 1.165) is 25.9 Å². The molecule has 1 amide bonds. The molecule has 1 aromatic carbocycles. The molecular formula is C15H22N2O3S. The summed E-state index contributed by atoms with van der Waals surface area (Å²) in [6.45, 7) is 4.99.